The topological polar surface area (TPSA) is 33.1 Å². The van der Waals surface area contributed by atoms with E-state index >= 15 is 0 Å². The van der Waals surface area contributed by atoms with Crippen LogP contribution in [0.4, 0.5) is 0 Å². The molecule has 0 aliphatic heterocycles. The Labute approximate surface area is 87.4 Å². The maximum Gasteiger partial charge on any atom is 0.141 e. The zero-order valence-corrected chi connectivity index (χ0v) is 8.51. The number of phenols is 1. The predicted octanol–water partition coefficient (Wildman–Crippen LogP) is 1.87. The highest BCUT2D eigenvalue weighted by Crippen LogP contribution is 2.23. The summed E-state index contributed by atoms with van der Waals surface area (Å²) >= 11 is 0. The first-order valence-electron chi connectivity index (χ1n) is 3.82. The van der Waals surface area contributed by atoms with Crippen molar-refractivity contribution >= 4 is 28.3 Å². The standard InChI is InChI=1S/C10H9NO.Al/c1-7-5-6-11-10-8(7)3-2-4-9(10)12;/h2-6,12H,1H3;. The average Bonchev–Trinajstić information content (AvgIpc) is 2.07. The molecule has 1 heterocycles. The highest BCUT2D eigenvalue weighted by molar-refractivity contribution is 5.86. The first-order chi connectivity index (χ1) is 5.79. The molecule has 0 amide bonds. The number of para-hydroxylation sites is 1. The van der Waals surface area contributed by atoms with Gasteiger partial charge in [0.2, 0.25) is 0 Å². The average molecular weight is 186 g/mol. The van der Waals surface area contributed by atoms with Crippen LogP contribution in [0.1, 0.15) is 5.56 Å². The van der Waals surface area contributed by atoms with Gasteiger partial charge in [0.1, 0.15) is 11.3 Å². The van der Waals surface area contributed by atoms with Gasteiger partial charge in [-0.2, -0.15) is 0 Å². The van der Waals surface area contributed by atoms with Gasteiger partial charge >= 0.3 is 0 Å². The van der Waals surface area contributed by atoms with E-state index in [1.807, 2.05) is 25.1 Å². The van der Waals surface area contributed by atoms with Gasteiger partial charge in [0.15, 0.2) is 0 Å². The summed E-state index contributed by atoms with van der Waals surface area (Å²) in [6.07, 6.45) is 1.71. The second-order valence-electron chi connectivity index (χ2n) is 2.80. The molecule has 13 heavy (non-hydrogen) atoms. The number of aromatic nitrogens is 1. The third-order valence-electron chi connectivity index (χ3n) is 1.97. The molecule has 1 aromatic carbocycles. The van der Waals surface area contributed by atoms with Crippen molar-refractivity contribution in [1.29, 1.82) is 0 Å². The fourth-order valence-corrected chi connectivity index (χ4v) is 1.30. The summed E-state index contributed by atoms with van der Waals surface area (Å²) in [5, 5.41) is 10.4. The van der Waals surface area contributed by atoms with Gasteiger partial charge in [-0.05, 0) is 24.6 Å². The molecule has 0 fully saturated rings. The highest BCUT2D eigenvalue weighted by Gasteiger charge is 2.00. The summed E-state index contributed by atoms with van der Waals surface area (Å²) in [6.45, 7) is 2.00. The van der Waals surface area contributed by atoms with E-state index in [1.165, 1.54) is 0 Å². The molecule has 0 aliphatic rings. The molecule has 2 nitrogen and oxygen atoms in total. The van der Waals surface area contributed by atoms with Crippen molar-refractivity contribution < 1.29 is 5.11 Å². The number of hydrogen-bond donors (Lipinski definition) is 1. The Morgan fingerprint density at radius 1 is 1.23 bits per heavy atom. The van der Waals surface area contributed by atoms with Crippen molar-refractivity contribution in [3.05, 3.63) is 36.0 Å². The van der Waals surface area contributed by atoms with E-state index in [9.17, 15) is 5.11 Å². The Bertz CT molecular complexity index is 387. The second kappa shape index (κ2) is 3.78. The number of benzene rings is 1. The number of fused-ring (bicyclic) bond motifs is 1. The van der Waals surface area contributed by atoms with E-state index < -0.39 is 0 Å². The maximum absolute atomic E-state index is 9.43. The summed E-state index contributed by atoms with van der Waals surface area (Å²) in [7, 11) is 0. The molecular formula is C10H9AlNO. The fraction of sp³-hybridized carbons (Fsp3) is 0.100. The number of rotatable bonds is 0. The first-order valence-corrected chi connectivity index (χ1v) is 3.82. The minimum Gasteiger partial charge on any atom is -0.506 e. The first kappa shape index (κ1) is 10.0. The summed E-state index contributed by atoms with van der Waals surface area (Å²) in [6, 6.07) is 7.36. The van der Waals surface area contributed by atoms with Gasteiger partial charge in [-0.3, -0.25) is 4.98 Å². The predicted molar refractivity (Wildman–Crippen MR) is 53.9 cm³/mol. The Kier molecular flexibility index (Phi) is 2.92. The van der Waals surface area contributed by atoms with Crippen molar-refractivity contribution in [1.82, 2.24) is 4.98 Å². The molecule has 0 bridgehead atoms. The number of pyridine rings is 1. The van der Waals surface area contributed by atoms with E-state index in [4.69, 9.17) is 0 Å². The van der Waals surface area contributed by atoms with Gasteiger partial charge in [-0.15, -0.1) is 0 Å². The van der Waals surface area contributed by atoms with Gasteiger partial charge in [0.05, 0.1) is 0 Å². The maximum atomic E-state index is 9.43. The molecule has 3 radical (unpaired) electrons. The minimum absolute atomic E-state index is 0. The van der Waals surface area contributed by atoms with E-state index in [2.05, 4.69) is 4.98 Å². The van der Waals surface area contributed by atoms with Crippen molar-refractivity contribution in [2.24, 2.45) is 0 Å². The lowest BCUT2D eigenvalue weighted by Gasteiger charge is -2.01. The van der Waals surface area contributed by atoms with Crippen LogP contribution < -0.4 is 0 Å². The zero-order valence-electron chi connectivity index (χ0n) is 7.36. The molecule has 0 aliphatic carbocycles. The molecule has 0 saturated heterocycles. The van der Waals surface area contributed by atoms with Crippen molar-refractivity contribution in [2.75, 3.05) is 0 Å². The molecule has 1 N–H and O–H groups in total. The Balaban J connectivity index is 0.000000845. The molecule has 0 saturated carbocycles. The summed E-state index contributed by atoms with van der Waals surface area (Å²) in [4.78, 5) is 4.09. The van der Waals surface area contributed by atoms with Crippen LogP contribution in [0.25, 0.3) is 10.9 Å². The van der Waals surface area contributed by atoms with Crippen LogP contribution in [-0.4, -0.2) is 27.5 Å². The van der Waals surface area contributed by atoms with E-state index in [0.29, 0.717) is 5.52 Å². The third kappa shape index (κ3) is 1.67. The van der Waals surface area contributed by atoms with Crippen LogP contribution in [0, 0.1) is 6.92 Å². The Hall–Kier alpha value is -1.04. The van der Waals surface area contributed by atoms with Gasteiger partial charge in [-0.1, -0.05) is 12.1 Å². The Morgan fingerprint density at radius 2 is 2.00 bits per heavy atom. The zero-order chi connectivity index (χ0) is 8.55. The molecule has 3 heteroatoms. The van der Waals surface area contributed by atoms with Crippen molar-refractivity contribution in [3.8, 4) is 5.75 Å². The molecule has 0 spiro atoms. The van der Waals surface area contributed by atoms with E-state index in [-0.39, 0.29) is 23.1 Å². The monoisotopic (exact) mass is 186 g/mol. The lowest BCUT2D eigenvalue weighted by Crippen LogP contribution is -1.81. The van der Waals surface area contributed by atoms with Crippen LogP contribution in [0.2, 0.25) is 0 Å². The highest BCUT2D eigenvalue weighted by atomic mass is 27.0. The van der Waals surface area contributed by atoms with Crippen molar-refractivity contribution in [2.45, 2.75) is 6.92 Å². The van der Waals surface area contributed by atoms with E-state index in [0.717, 1.165) is 10.9 Å². The third-order valence-corrected chi connectivity index (χ3v) is 1.97. The van der Waals surface area contributed by atoms with Crippen LogP contribution in [-0.2, 0) is 0 Å². The Morgan fingerprint density at radius 3 is 2.69 bits per heavy atom. The molecular weight excluding hydrogens is 177 g/mol. The number of aromatic hydroxyl groups is 1. The number of nitrogens with zero attached hydrogens (tertiary/aromatic N) is 1. The quantitative estimate of drug-likeness (QED) is 0.637. The molecule has 0 unspecified atom stereocenters. The van der Waals surface area contributed by atoms with Gasteiger partial charge in [0, 0.05) is 28.9 Å². The molecule has 0 atom stereocenters. The minimum atomic E-state index is 0. The van der Waals surface area contributed by atoms with Crippen LogP contribution in [0.15, 0.2) is 30.5 Å². The lowest BCUT2D eigenvalue weighted by molar-refractivity contribution is 0.480. The fourth-order valence-electron chi connectivity index (χ4n) is 1.30. The van der Waals surface area contributed by atoms with Crippen LogP contribution >= 0.6 is 0 Å². The molecule has 1 aromatic heterocycles. The normalized spacial score (nSPS) is 9.62. The second-order valence-corrected chi connectivity index (χ2v) is 2.80. The lowest BCUT2D eigenvalue weighted by atomic mass is 10.1. The molecule has 63 valence electrons. The van der Waals surface area contributed by atoms with E-state index in [1.54, 1.807) is 12.3 Å². The molecule has 2 rings (SSSR count). The summed E-state index contributed by atoms with van der Waals surface area (Å²) in [5.41, 5.74) is 1.81. The van der Waals surface area contributed by atoms with Gasteiger partial charge in [0.25, 0.3) is 0 Å². The molecule has 2 aromatic rings. The number of phenolic OH excluding ortho intramolecular Hbond substituents is 1. The largest absolute Gasteiger partial charge is 0.506 e. The smallest absolute Gasteiger partial charge is 0.141 e. The van der Waals surface area contributed by atoms with Gasteiger partial charge in [-0.25, -0.2) is 0 Å². The summed E-state index contributed by atoms with van der Waals surface area (Å²) < 4.78 is 0. The number of aryl methyl sites for hydroxylation is 1. The SMILES string of the molecule is Cc1ccnc2c(O)cccc12.[Al]. The van der Waals surface area contributed by atoms with Gasteiger partial charge < -0.3 is 5.11 Å². The van der Waals surface area contributed by atoms with Crippen molar-refractivity contribution in [3.63, 3.8) is 0 Å². The van der Waals surface area contributed by atoms with Crippen LogP contribution in [0.3, 0.4) is 0 Å². The number of hydrogen-bond acceptors (Lipinski definition) is 2. The summed E-state index contributed by atoms with van der Waals surface area (Å²) in [5.74, 6) is 0.246. The van der Waals surface area contributed by atoms with Crippen LogP contribution in [0.5, 0.6) is 5.75 Å².